The molecule has 1 aromatic carbocycles. The number of ether oxygens (including phenoxy) is 1. The zero-order chi connectivity index (χ0) is 10.7. The maximum absolute atomic E-state index is 11.5. The van der Waals surface area contributed by atoms with Gasteiger partial charge in [0.1, 0.15) is 5.75 Å². The van der Waals surface area contributed by atoms with Gasteiger partial charge in [-0.05, 0) is 12.1 Å². The number of nitrogens with two attached hydrogens (primary N) is 2. The number of amides is 1. The smallest absolute Gasteiger partial charge is 0.269 e. The number of hydrazine groups is 1. The molecule has 1 amide bonds. The number of benzene rings is 1. The van der Waals surface area contributed by atoms with E-state index in [1.807, 2.05) is 0 Å². The molecule has 0 spiro atoms. The van der Waals surface area contributed by atoms with Crippen LogP contribution in [0.1, 0.15) is 10.4 Å². The van der Waals surface area contributed by atoms with E-state index in [4.69, 9.17) is 16.3 Å². The molecule has 5 heteroatoms. The maximum Gasteiger partial charge on any atom is 0.269 e. The number of para-hydroxylation sites is 1. The van der Waals surface area contributed by atoms with E-state index in [2.05, 4.69) is 0 Å². The SMILES string of the molecule is COc1cccc(C(=O)N(C)N)c1N. The number of carbonyl (C=O) groups excluding carboxylic acids is 1. The van der Waals surface area contributed by atoms with Crippen LogP contribution in [0.2, 0.25) is 0 Å². The van der Waals surface area contributed by atoms with Crippen molar-refractivity contribution in [3.8, 4) is 5.75 Å². The monoisotopic (exact) mass is 195 g/mol. The molecule has 0 atom stereocenters. The van der Waals surface area contributed by atoms with Gasteiger partial charge < -0.3 is 10.5 Å². The molecule has 0 aliphatic heterocycles. The number of hydrogen-bond acceptors (Lipinski definition) is 4. The molecule has 0 radical (unpaired) electrons. The van der Waals surface area contributed by atoms with Crippen LogP contribution in [0.4, 0.5) is 5.69 Å². The van der Waals surface area contributed by atoms with Gasteiger partial charge in [-0.2, -0.15) is 0 Å². The van der Waals surface area contributed by atoms with E-state index in [1.165, 1.54) is 14.2 Å². The number of carbonyl (C=O) groups is 1. The van der Waals surface area contributed by atoms with E-state index in [9.17, 15) is 4.79 Å². The molecule has 0 saturated carbocycles. The summed E-state index contributed by atoms with van der Waals surface area (Å²) in [6.45, 7) is 0. The third-order valence-corrected chi connectivity index (χ3v) is 1.84. The summed E-state index contributed by atoms with van der Waals surface area (Å²) in [5.74, 6) is 5.44. The fourth-order valence-electron chi connectivity index (χ4n) is 1.10. The van der Waals surface area contributed by atoms with Crippen LogP contribution >= 0.6 is 0 Å². The lowest BCUT2D eigenvalue weighted by Crippen LogP contribution is -2.33. The van der Waals surface area contributed by atoms with Gasteiger partial charge in [0.05, 0.1) is 18.4 Å². The molecule has 76 valence electrons. The van der Waals surface area contributed by atoms with Crippen molar-refractivity contribution in [3.05, 3.63) is 23.8 Å². The van der Waals surface area contributed by atoms with Gasteiger partial charge in [0.2, 0.25) is 0 Å². The number of hydrogen-bond donors (Lipinski definition) is 2. The highest BCUT2D eigenvalue weighted by Gasteiger charge is 2.14. The second kappa shape index (κ2) is 3.97. The van der Waals surface area contributed by atoms with Crippen LogP contribution in [-0.2, 0) is 0 Å². The molecule has 0 heterocycles. The molecule has 0 aliphatic carbocycles. The van der Waals surface area contributed by atoms with Crippen molar-refractivity contribution in [2.24, 2.45) is 5.84 Å². The Balaban J connectivity index is 3.16. The van der Waals surface area contributed by atoms with Gasteiger partial charge in [0.15, 0.2) is 0 Å². The summed E-state index contributed by atoms with van der Waals surface area (Å²) in [5.41, 5.74) is 6.35. The largest absolute Gasteiger partial charge is 0.495 e. The second-order valence-corrected chi connectivity index (χ2v) is 2.84. The van der Waals surface area contributed by atoms with Crippen molar-refractivity contribution in [1.82, 2.24) is 5.01 Å². The summed E-state index contributed by atoms with van der Waals surface area (Å²) in [4.78, 5) is 11.5. The highest BCUT2D eigenvalue weighted by molar-refractivity contribution is 5.99. The average Bonchev–Trinajstić information content (AvgIpc) is 2.17. The number of rotatable bonds is 2. The number of nitrogens with zero attached hydrogens (tertiary/aromatic N) is 1. The van der Waals surface area contributed by atoms with E-state index in [-0.39, 0.29) is 5.91 Å². The molecule has 0 saturated heterocycles. The van der Waals surface area contributed by atoms with Crippen LogP contribution in [0.3, 0.4) is 0 Å². The lowest BCUT2D eigenvalue weighted by atomic mass is 10.1. The van der Waals surface area contributed by atoms with Crippen LogP contribution in [0.25, 0.3) is 0 Å². The lowest BCUT2D eigenvalue weighted by molar-refractivity contribution is 0.0796. The summed E-state index contributed by atoms with van der Waals surface area (Å²) < 4.78 is 4.98. The van der Waals surface area contributed by atoms with Crippen molar-refractivity contribution in [2.45, 2.75) is 0 Å². The Bertz CT molecular complexity index is 350. The standard InChI is InChI=1S/C9H13N3O2/c1-12(11)9(13)6-4-3-5-7(14-2)8(6)10/h3-5H,10-11H2,1-2H3. The highest BCUT2D eigenvalue weighted by atomic mass is 16.5. The van der Waals surface area contributed by atoms with Gasteiger partial charge in [-0.3, -0.25) is 9.80 Å². The molecule has 4 N–H and O–H groups in total. The maximum atomic E-state index is 11.5. The molecule has 0 aromatic heterocycles. The van der Waals surface area contributed by atoms with Crippen LogP contribution in [0.15, 0.2) is 18.2 Å². The average molecular weight is 195 g/mol. The van der Waals surface area contributed by atoms with E-state index >= 15 is 0 Å². The predicted octanol–water partition coefficient (Wildman–Crippen LogP) is 0.223. The van der Waals surface area contributed by atoms with Crippen molar-refractivity contribution < 1.29 is 9.53 Å². The third-order valence-electron chi connectivity index (χ3n) is 1.84. The summed E-state index contributed by atoms with van der Waals surface area (Å²) in [6.07, 6.45) is 0. The third kappa shape index (κ3) is 1.77. The van der Waals surface area contributed by atoms with Crippen molar-refractivity contribution in [3.63, 3.8) is 0 Å². The predicted molar refractivity (Wildman–Crippen MR) is 53.7 cm³/mol. The van der Waals surface area contributed by atoms with Crippen LogP contribution < -0.4 is 16.3 Å². The normalized spacial score (nSPS) is 9.64. The molecule has 0 fully saturated rings. The first kappa shape index (κ1) is 10.3. The van der Waals surface area contributed by atoms with Gasteiger partial charge in [-0.1, -0.05) is 6.07 Å². The first-order valence-corrected chi connectivity index (χ1v) is 4.03. The topological polar surface area (TPSA) is 81.6 Å². The molecule has 5 nitrogen and oxygen atoms in total. The summed E-state index contributed by atoms with van der Waals surface area (Å²) in [5, 5.41) is 0.977. The van der Waals surface area contributed by atoms with E-state index in [0.29, 0.717) is 17.0 Å². The summed E-state index contributed by atoms with van der Waals surface area (Å²) in [6, 6.07) is 4.97. The molecule has 1 aromatic rings. The molecule has 0 bridgehead atoms. The first-order chi connectivity index (χ1) is 6.57. The minimum atomic E-state index is -0.346. The lowest BCUT2D eigenvalue weighted by Gasteiger charge is -2.13. The minimum absolute atomic E-state index is 0.303. The van der Waals surface area contributed by atoms with Gasteiger partial charge in [-0.15, -0.1) is 0 Å². The molecular weight excluding hydrogens is 182 g/mol. The van der Waals surface area contributed by atoms with Crippen molar-refractivity contribution >= 4 is 11.6 Å². The zero-order valence-electron chi connectivity index (χ0n) is 8.15. The fraction of sp³-hybridized carbons (Fsp3) is 0.222. The van der Waals surface area contributed by atoms with Crippen molar-refractivity contribution in [1.29, 1.82) is 0 Å². The van der Waals surface area contributed by atoms with E-state index in [1.54, 1.807) is 18.2 Å². The molecular formula is C9H13N3O2. The van der Waals surface area contributed by atoms with E-state index in [0.717, 1.165) is 5.01 Å². The van der Waals surface area contributed by atoms with Crippen LogP contribution in [0.5, 0.6) is 5.75 Å². The van der Waals surface area contributed by atoms with Crippen molar-refractivity contribution in [2.75, 3.05) is 19.9 Å². The van der Waals surface area contributed by atoms with Gasteiger partial charge in [0.25, 0.3) is 5.91 Å². The summed E-state index contributed by atoms with van der Waals surface area (Å²) in [7, 11) is 2.95. The highest BCUT2D eigenvalue weighted by Crippen LogP contribution is 2.24. The Kier molecular flexibility index (Phi) is 2.93. The molecule has 14 heavy (non-hydrogen) atoms. The second-order valence-electron chi connectivity index (χ2n) is 2.84. The van der Waals surface area contributed by atoms with Crippen LogP contribution in [-0.4, -0.2) is 25.1 Å². The van der Waals surface area contributed by atoms with Gasteiger partial charge >= 0.3 is 0 Å². The number of anilines is 1. The zero-order valence-corrected chi connectivity index (χ0v) is 8.15. The Labute approximate surface area is 82.2 Å². The Morgan fingerprint density at radius 2 is 2.14 bits per heavy atom. The molecule has 1 rings (SSSR count). The van der Waals surface area contributed by atoms with Gasteiger partial charge in [-0.25, -0.2) is 5.84 Å². The van der Waals surface area contributed by atoms with E-state index < -0.39 is 0 Å². The minimum Gasteiger partial charge on any atom is -0.495 e. The Morgan fingerprint density at radius 3 is 2.64 bits per heavy atom. The summed E-state index contributed by atoms with van der Waals surface area (Å²) >= 11 is 0. The fourth-order valence-corrected chi connectivity index (χ4v) is 1.10. The molecule has 0 unspecified atom stereocenters. The van der Waals surface area contributed by atoms with Crippen LogP contribution in [0, 0.1) is 0 Å². The number of methoxy groups -OCH3 is 1. The quantitative estimate of drug-likeness (QED) is 0.306. The first-order valence-electron chi connectivity index (χ1n) is 4.03. The van der Waals surface area contributed by atoms with Gasteiger partial charge in [0, 0.05) is 7.05 Å². The Hall–Kier alpha value is -1.75. The number of nitrogen functional groups attached to an aromatic ring is 1. The molecule has 0 aliphatic rings. The Morgan fingerprint density at radius 1 is 1.50 bits per heavy atom.